The Morgan fingerprint density at radius 2 is 1.33 bits per heavy atom. The Morgan fingerprint density at radius 3 is 1.33 bits per heavy atom. The lowest BCUT2D eigenvalue weighted by molar-refractivity contribution is 0.406. The standard InChI is InChI=1S/C4H6O.CH3F.F2O2S/c1-3-5-4-2;1-2;1-5(2,3)4/h3-4H,1-2H2;1H3;. The van der Waals surface area contributed by atoms with Crippen molar-refractivity contribution in [1.29, 1.82) is 0 Å². The smallest absolute Gasteiger partial charge is 0.474 e. The predicted octanol–water partition coefficient (Wildman–Crippen LogP) is 2.05. The van der Waals surface area contributed by atoms with Gasteiger partial charge in [0.15, 0.2) is 0 Å². The molecule has 0 aromatic heterocycles. The first-order valence-corrected chi connectivity index (χ1v) is 3.59. The zero-order chi connectivity index (χ0) is 10.6. The Kier molecular flexibility index (Phi) is 18.2. The van der Waals surface area contributed by atoms with Gasteiger partial charge in [-0.1, -0.05) is 20.9 Å². The van der Waals surface area contributed by atoms with Gasteiger partial charge in [0.2, 0.25) is 0 Å². The van der Waals surface area contributed by atoms with E-state index in [9.17, 15) is 12.2 Å². The van der Waals surface area contributed by atoms with Crippen LogP contribution in [0.15, 0.2) is 25.7 Å². The molecule has 0 aromatic carbocycles. The highest BCUT2D eigenvalue weighted by atomic mass is 32.3. The first-order chi connectivity index (χ1) is 5.41. The number of hydrogen-bond donors (Lipinski definition) is 0. The minimum atomic E-state index is -5.67. The van der Waals surface area contributed by atoms with Crippen LogP contribution in [0.2, 0.25) is 0 Å². The third-order valence-corrected chi connectivity index (χ3v) is 0.192. The summed E-state index contributed by atoms with van der Waals surface area (Å²) in [5, 5.41) is 0. The quantitative estimate of drug-likeness (QED) is 0.513. The van der Waals surface area contributed by atoms with E-state index < -0.39 is 10.6 Å². The summed E-state index contributed by atoms with van der Waals surface area (Å²) >= 11 is 0. The van der Waals surface area contributed by atoms with E-state index in [0.717, 1.165) is 0 Å². The van der Waals surface area contributed by atoms with Gasteiger partial charge in [-0.15, -0.1) is 0 Å². The highest BCUT2D eigenvalue weighted by Gasteiger charge is 1.94. The van der Waals surface area contributed by atoms with Gasteiger partial charge in [-0.3, -0.25) is 4.39 Å². The molecule has 0 N–H and O–H groups in total. The largest absolute Gasteiger partial charge is 0.476 e. The number of halogens is 3. The molecule has 0 fully saturated rings. The Labute approximate surface area is 69.7 Å². The number of ether oxygens (including phenoxy) is 1. The van der Waals surface area contributed by atoms with Crippen molar-refractivity contribution < 1.29 is 25.3 Å². The van der Waals surface area contributed by atoms with E-state index in [1.54, 1.807) is 0 Å². The second kappa shape index (κ2) is 12.7. The number of hydrogen-bond acceptors (Lipinski definition) is 3. The fourth-order valence-corrected chi connectivity index (χ4v) is 0.0680. The molecular weight excluding hydrogens is 197 g/mol. The maximum Gasteiger partial charge on any atom is 0.476 e. The zero-order valence-corrected chi connectivity index (χ0v) is 7.15. The summed E-state index contributed by atoms with van der Waals surface area (Å²) in [6, 6.07) is 0. The van der Waals surface area contributed by atoms with Crippen LogP contribution in [-0.4, -0.2) is 15.6 Å². The molecule has 0 rings (SSSR count). The molecule has 0 aliphatic carbocycles. The van der Waals surface area contributed by atoms with Gasteiger partial charge in [-0.2, -0.15) is 8.42 Å². The Bertz CT molecular complexity index is 174. The van der Waals surface area contributed by atoms with Gasteiger partial charge in [0.25, 0.3) is 0 Å². The fourth-order valence-electron chi connectivity index (χ4n) is 0.0680. The first kappa shape index (κ1) is 17.2. The van der Waals surface area contributed by atoms with Gasteiger partial charge < -0.3 is 4.74 Å². The molecule has 0 unspecified atom stereocenters. The van der Waals surface area contributed by atoms with Gasteiger partial charge in [0.05, 0.1) is 19.7 Å². The lowest BCUT2D eigenvalue weighted by Gasteiger charge is -1.76. The highest BCUT2D eigenvalue weighted by molar-refractivity contribution is 7.81. The molecular formula is C5H9F3O3S. The molecule has 0 aromatic rings. The van der Waals surface area contributed by atoms with Crippen molar-refractivity contribution in [3.8, 4) is 0 Å². The summed E-state index contributed by atoms with van der Waals surface area (Å²) in [7, 11) is -5.17. The van der Waals surface area contributed by atoms with Crippen LogP contribution in [0.4, 0.5) is 12.2 Å². The van der Waals surface area contributed by atoms with E-state index in [0.29, 0.717) is 7.18 Å². The summed E-state index contributed by atoms with van der Waals surface area (Å²) in [6.07, 6.45) is 2.62. The van der Waals surface area contributed by atoms with E-state index >= 15 is 0 Å². The molecule has 0 amide bonds. The molecule has 0 aliphatic heterocycles. The van der Waals surface area contributed by atoms with Gasteiger partial charge in [-0.25, -0.2) is 0 Å². The Morgan fingerprint density at radius 1 is 1.17 bits per heavy atom. The summed E-state index contributed by atoms with van der Waals surface area (Å²) in [5.74, 6) is 0. The SMILES string of the molecule is C=COC=C.CF.O=S(=O)(F)F. The Hall–Kier alpha value is -0.980. The first-order valence-electron chi connectivity index (χ1n) is 2.31. The molecule has 0 saturated heterocycles. The van der Waals surface area contributed by atoms with Crippen LogP contribution in [0, 0.1) is 0 Å². The molecule has 74 valence electrons. The summed E-state index contributed by atoms with van der Waals surface area (Å²) in [6.45, 7) is 6.51. The minimum Gasteiger partial charge on any atom is -0.474 e. The van der Waals surface area contributed by atoms with E-state index in [4.69, 9.17) is 8.42 Å². The molecule has 0 saturated carbocycles. The molecule has 0 aliphatic rings. The van der Waals surface area contributed by atoms with Gasteiger partial charge in [0, 0.05) is 0 Å². The van der Waals surface area contributed by atoms with Crippen LogP contribution < -0.4 is 0 Å². The fraction of sp³-hybridized carbons (Fsp3) is 0.200. The van der Waals surface area contributed by atoms with Crippen molar-refractivity contribution in [1.82, 2.24) is 0 Å². The van der Waals surface area contributed by atoms with Crippen LogP contribution in [0.3, 0.4) is 0 Å². The molecule has 3 nitrogen and oxygen atoms in total. The minimum absolute atomic E-state index is 0.500. The average molecular weight is 206 g/mol. The normalized spacial score (nSPS) is 7.67. The van der Waals surface area contributed by atoms with Gasteiger partial charge in [-0.05, 0) is 0 Å². The summed E-state index contributed by atoms with van der Waals surface area (Å²) < 4.78 is 50.4. The molecule has 0 heterocycles. The molecule has 0 atom stereocenters. The van der Waals surface area contributed by atoms with Crippen molar-refractivity contribution in [2.45, 2.75) is 0 Å². The average Bonchev–Trinajstić information content (AvgIpc) is 1.90. The summed E-state index contributed by atoms with van der Waals surface area (Å²) in [4.78, 5) is 0. The lowest BCUT2D eigenvalue weighted by atomic mass is 11.1. The predicted molar refractivity (Wildman–Crippen MR) is 39.6 cm³/mol. The Balaban J connectivity index is -0.000000112. The zero-order valence-electron chi connectivity index (χ0n) is 6.34. The van der Waals surface area contributed by atoms with Crippen molar-refractivity contribution in [2.24, 2.45) is 0 Å². The van der Waals surface area contributed by atoms with Crippen LogP contribution in [0.1, 0.15) is 0 Å². The third-order valence-electron chi connectivity index (χ3n) is 0.192. The second-order valence-electron chi connectivity index (χ2n) is 0.848. The van der Waals surface area contributed by atoms with E-state index in [-0.39, 0.29) is 0 Å². The van der Waals surface area contributed by atoms with Crippen molar-refractivity contribution >= 4 is 10.6 Å². The maximum absolute atomic E-state index is 9.99. The summed E-state index contributed by atoms with van der Waals surface area (Å²) in [5.41, 5.74) is 0. The molecule has 12 heavy (non-hydrogen) atoms. The number of rotatable bonds is 2. The van der Waals surface area contributed by atoms with Crippen LogP contribution >= 0.6 is 0 Å². The molecule has 0 spiro atoms. The molecule has 0 bridgehead atoms. The van der Waals surface area contributed by atoms with Crippen molar-refractivity contribution in [3.05, 3.63) is 25.7 Å². The van der Waals surface area contributed by atoms with E-state index in [1.165, 1.54) is 12.5 Å². The van der Waals surface area contributed by atoms with Crippen molar-refractivity contribution in [3.63, 3.8) is 0 Å². The van der Waals surface area contributed by atoms with Gasteiger partial charge >= 0.3 is 10.6 Å². The number of alkyl halides is 1. The second-order valence-corrected chi connectivity index (χ2v) is 1.60. The van der Waals surface area contributed by atoms with E-state index in [1.807, 2.05) is 0 Å². The van der Waals surface area contributed by atoms with Crippen LogP contribution in [0.25, 0.3) is 0 Å². The molecule has 0 radical (unpaired) electrons. The monoisotopic (exact) mass is 206 g/mol. The van der Waals surface area contributed by atoms with Crippen LogP contribution in [-0.2, 0) is 15.3 Å². The maximum atomic E-state index is 9.99. The molecule has 7 heteroatoms. The third kappa shape index (κ3) is 558. The van der Waals surface area contributed by atoms with E-state index in [2.05, 4.69) is 17.9 Å². The van der Waals surface area contributed by atoms with Crippen molar-refractivity contribution in [2.75, 3.05) is 7.18 Å². The topological polar surface area (TPSA) is 43.4 Å². The lowest BCUT2D eigenvalue weighted by Crippen LogP contribution is -1.69. The highest BCUT2D eigenvalue weighted by Crippen LogP contribution is 1.85. The van der Waals surface area contributed by atoms with Crippen LogP contribution in [0.5, 0.6) is 0 Å². The van der Waals surface area contributed by atoms with Gasteiger partial charge in [0.1, 0.15) is 0 Å².